The van der Waals surface area contributed by atoms with Crippen LogP contribution in [0.4, 0.5) is 11.4 Å². The molecule has 2 amide bonds. The topological polar surface area (TPSA) is 122 Å². The average molecular weight is 516 g/mol. The normalized spacial score (nSPS) is 15.3. The highest BCUT2D eigenvalue weighted by Crippen LogP contribution is 2.30. The number of hydrogen-bond donors (Lipinski definition) is 2. The van der Waals surface area contributed by atoms with E-state index in [2.05, 4.69) is 63.4 Å². The third-order valence-corrected chi connectivity index (χ3v) is 7.33. The molecule has 38 heavy (non-hydrogen) atoms. The molecule has 1 unspecified atom stereocenters. The van der Waals surface area contributed by atoms with Gasteiger partial charge in [0.25, 0.3) is 5.91 Å². The standard InChI is InChI=1S/C27H33N9O2/c1-16-22(7-20(9-28-16)32-25(37)19-13-35(14-19)17(2)27(3,4)5)33-26(38)21-10-31-36-15-23(29-11-24(21)36)18-8-30-34(6)12-18/h7-12,15,17,19H,13-14H2,1-6H3,(H,32,37)(H,33,38). The molecule has 1 saturated heterocycles. The van der Waals surface area contributed by atoms with Gasteiger partial charge in [-0.1, -0.05) is 20.8 Å². The Kier molecular flexibility index (Phi) is 6.47. The van der Waals surface area contributed by atoms with E-state index in [0.717, 1.165) is 18.7 Å². The maximum absolute atomic E-state index is 13.2. The molecule has 0 saturated carbocycles. The minimum absolute atomic E-state index is 0.0385. The molecule has 0 aromatic carbocycles. The van der Waals surface area contributed by atoms with Gasteiger partial charge in [0.2, 0.25) is 5.91 Å². The number of likely N-dealkylation sites (tertiary alicyclic amines) is 1. The van der Waals surface area contributed by atoms with Crippen molar-refractivity contribution in [2.24, 2.45) is 18.4 Å². The highest BCUT2D eigenvalue weighted by molar-refractivity contribution is 6.09. The summed E-state index contributed by atoms with van der Waals surface area (Å²) in [5.41, 5.74) is 4.37. The Balaban J connectivity index is 1.26. The molecule has 1 fully saturated rings. The molecular formula is C27H33N9O2. The second kappa shape index (κ2) is 9.64. The number of carbonyl (C=O) groups excluding carboxylic acids is 2. The van der Waals surface area contributed by atoms with Crippen LogP contribution in [0.2, 0.25) is 0 Å². The van der Waals surface area contributed by atoms with Gasteiger partial charge in [0.05, 0.1) is 70.7 Å². The molecule has 4 aromatic rings. The zero-order chi connectivity index (χ0) is 27.2. The first kappa shape index (κ1) is 25.5. The zero-order valence-electron chi connectivity index (χ0n) is 22.6. The third kappa shape index (κ3) is 5.01. The third-order valence-electron chi connectivity index (χ3n) is 7.33. The van der Waals surface area contributed by atoms with Crippen molar-refractivity contribution in [3.8, 4) is 11.3 Å². The van der Waals surface area contributed by atoms with Crippen molar-refractivity contribution in [1.82, 2.24) is 34.3 Å². The fourth-order valence-corrected chi connectivity index (χ4v) is 4.47. The summed E-state index contributed by atoms with van der Waals surface area (Å²) in [5, 5.41) is 14.4. The Morgan fingerprint density at radius 1 is 1.03 bits per heavy atom. The van der Waals surface area contributed by atoms with Crippen molar-refractivity contribution < 1.29 is 9.59 Å². The predicted octanol–water partition coefficient (Wildman–Crippen LogP) is 3.39. The number of nitrogens with one attached hydrogen (secondary N) is 2. The second-order valence-electron chi connectivity index (χ2n) is 11.1. The van der Waals surface area contributed by atoms with Gasteiger partial charge in [0.15, 0.2) is 0 Å². The van der Waals surface area contributed by atoms with Crippen LogP contribution in [0.25, 0.3) is 16.8 Å². The first-order valence-corrected chi connectivity index (χ1v) is 12.6. The molecule has 0 radical (unpaired) electrons. The first-order chi connectivity index (χ1) is 18.0. The van der Waals surface area contributed by atoms with Crippen LogP contribution in [0.15, 0.2) is 43.2 Å². The number of amides is 2. The van der Waals surface area contributed by atoms with E-state index in [-0.39, 0.29) is 23.1 Å². The lowest BCUT2D eigenvalue weighted by Crippen LogP contribution is -2.58. The van der Waals surface area contributed by atoms with Crippen LogP contribution in [0.1, 0.15) is 43.7 Å². The largest absolute Gasteiger partial charge is 0.324 e. The highest BCUT2D eigenvalue weighted by atomic mass is 16.2. The van der Waals surface area contributed by atoms with Gasteiger partial charge in [-0.2, -0.15) is 10.2 Å². The minimum Gasteiger partial charge on any atom is -0.324 e. The quantitative estimate of drug-likeness (QED) is 0.404. The Morgan fingerprint density at radius 2 is 1.79 bits per heavy atom. The van der Waals surface area contributed by atoms with Gasteiger partial charge in [-0.25, -0.2) is 4.52 Å². The van der Waals surface area contributed by atoms with E-state index in [1.54, 1.807) is 47.0 Å². The number of carbonyl (C=O) groups is 2. The fraction of sp³-hybridized carbons (Fsp3) is 0.407. The number of aromatic nitrogens is 6. The van der Waals surface area contributed by atoms with E-state index in [4.69, 9.17) is 0 Å². The zero-order valence-corrected chi connectivity index (χ0v) is 22.6. The number of hydrogen-bond acceptors (Lipinski definition) is 7. The summed E-state index contributed by atoms with van der Waals surface area (Å²) >= 11 is 0. The van der Waals surface area contributed by atoms with Crippen LogP contribution in [0, 0.1) is 18.3 Å². The second-order valence-corrected chi connectivity index (χ2v) is 11.1. The monoisotopic (exact) mass is 515 g/mol. The Labute approximate surface area is 221 Å². The SMILES string of the molecule is Cc1ncc(NC(=O)C2CN(C(C)C(C)(C)C)C2)cc1NC(=O)c1cnn2cc(-c3cnn(C)c3)ncc12. The van der Waals surface area contributed by atoms with Crippen LogP contribution in [-0.4, -0.2) is 65.2 Å². The molecule has 1 atom stereocenters. The van der Waals surface area contributed by atoms with Gasteiger partial charge in [0.1, 0.15) is 0 Å². The van der Waals surface area contributed by atoms with Crippen molar-refractivity contribution in [3.63, 3.8) is 0 Å². The maximum atomic E-state index is 13.2. The van der Waals surface area contributed by atoms with Crippen molar-refractivity contribution in [2.45, 2.75) is 40.7 Å². The minimum atomic E-state index is -0.338. The lowest BCUT2D eigenvalue weighted by Gasteiger charge is -2.47. The van der Waals surface area contributed by atoms with E-state index >= 15 is 0 Å². The van der Waals surface area contributed by atoms with Crippen molar-refractivity contribution in [2.75, 3.05) is 23.7 Å². The maximum Gasteiger partial charge on any atom is 0.259 e. The lowest BCUT2D eigenvalue weighted by molar-refractivity contribution is -0.127. The predicted molar refractivity (Wildman–Crippen MR) is 145 cm³/mol. The van der Waals surface area contributed by atoms with Crippen LogP contribution < -0.4 is 10.6 Å². The van der Waals surface area contributed by atoms with E-state index in [1.165, 1.54) is 6.20 Å². The Bertz CT molecular complexity index is 1510. The lowest BCUT2D eigenvalue weighted by atomic mass is 9.83. The van der Waals surface area contributed by atoms with E-state index < -0.39 is 0 Å². The van der Waals surface area contributed by atoms with Crippen LogP contribution in [0.5, 0.6) is 0 Å². The molecule has 0 bridgehead atoms. The van der Waals surface area contributed by atoms with Gasteiger partial charge in [-0.15, -0.1) is 0 Å². The van der Waals surface area contributed by atoms with Gasteiger partial charge in [-0.3, -0.25) is 29.1 Å². The summed E-state index contributed by atoms with van der Waals surface area (Å²) in [6.45, 7) is 12.1. The number of rotatable bonds is 6. The molecule has 4 aromatic heterocycles. The van der Waals surface area contributed by atoms with E-state index in [1.807, 2.05) is 13.2 Å². The summed E-state index contributed by atoms with van der Waals surface area (Å²) in [5.74, 6) is -0.444. The summed E-state index contributed by atoms with van der Waals surface area (Å²) < 4.78 is 3.32. The van der Waals surface area contributed by atoms with Gasteiger partial charge in [-0.05, 0) is 25.3 Å². The molecule has 2 N–H and O–H groups in total. The number of pyridine rings is 1. The van der Waals surface area contributed by atoms with Crippen LogP contribution in [-0.2, 0) is 11.8 Å². The van der Waals surface area contributed by atoms with Crippen LogP contribution >= 0.6 is 0 Å². The molecule has 1 aliphatic heterocycles. The Hall–Kier alpha value is -4.12. The van der Waals surface area contributed by atoms with E-state index in [0.29, 0.717) is 39.9 Å². The van der Waals surface area contributed by atoms with Crippen molar-refractivity contribution in [1.29, 1.82) is 0 Å². The smallest absolute Gasteiger partial charge is 0.259 e. The molecule has 5 heterocycles. The fourth-order valence-electron chi connectivity index (χ4n) is 4.47. The van der Waals surface area contributed by atoms with Gasteiger partial charge >= 0.3 is 0 Å². The van der Waals surface area contributed by atoms with Crippen molar-refractivity contribution >= 4 is 28.7 Å². The molecule has 5 rings (SSSR count). The highest BCUT2D eigenvalue weighted by Gasteiger charge is 2.38. The number of nitrogens with zero attached hydrogens (tertiary/aromatic N) is 7. The summed E-state index contributed by atoms with van der Waals surface area (Å²) in [6.07, 6.45) is 10.1. The number of anilines is 2. The summed E-state index contributed by atoms with van der Waals surface area (Å²) in [7, 11) is 1.84. The average Bonchev–Trinajstić information content (AvgIpc) is 3.45. The van der Waals surface area contributed by atoms with Gasteiger partial charge in [0, 0.05) is 37.9 Å². The summed E-state index contributed by atoms with van der Waals surface area (Å²) in [6, 6.07) is 2.13. The molecule has 11 heteroatoms. The number of aryl methyl sites for hydroxylation is 2. The van der Waals surface area contributed by atoms with Gasteiger partial charge < -0.3 is 10.6 Å². The molecule has 1 aliphatic rings. The summed E-state index contributed by atoms with van der Waals surface area (Å²) in [4.78, 5) is 37.2. The molecule has 0 aliphatic carbocycles. The number of fused-ring (bicyclic) bond motifs is 1. The molecule has 0 spiro atoms. The van der Waals surface area contributed by atoms with Crippen LogP contribution in [0.3, 0.4) is 0 Å². The molecule has 198 valence electrons. The van der Waals surface area contributed by atoms with E-state index in [9.17, 15) is 9.59 Å². The molecule has 11 nitrogen and oxygen atoms in total. The molecular weight excluding hydrogens is 482 g/mol. The van der Waals surface area contributed by atoms with Crippen molar-refractivity contribution in [3.05, 3.63) is 54.5 Å². The first-order valence-electron chi connectivity index (χ1n) is 12.6. The Morgan fingerprint density at radius 3 is 2.47 bits per heavy atom.